The molecule has 20 heavy (non-hydrogen) atoms. The Hall–Kier alpha value is -0.900. The first-order valence-electron chi connectivity index (χ1n) is 7.86. The lowest BCUT2D eigenvalue weighted by atomic mass is 9.74. The predicted molar refractivity (Wildman–Crippen MR) is 77.2 cm³/mol. The highest BCUT2D eigenvalue weighted by Gasteiger charge is 2.47. The largest absolute Gasteiger partial charge is 0.348 e. The van der Waals surface area contributed by atoms with Crippen LogP contribution in [-0.4, -0.2) is 37.0 Å². The summed E-state index contributed by atoms with van der Waals surface area (Å²) in [5.41, 5.74) is 1.43. The molecular weight excluding hydrogens is 250 g/mol. The summed E-state index contributed by atoms with van der Waals surface area (Å²) in [6.45, 7) is 5.04. The molecule has 2 saturated heterocycles. The van der Waals surface area contributed by atoms with Crippen LogP contribution in [0.3, 0.4) is 0 Å². The molecule has 0 radical (unpaired) electrons. The van der Waals surface area contributed by atoms with Gasteiger partial charge in [-0.3, -0.25) is 4.90 Å². The van der Waals surface area contributed by atoms with Crippen LogP contribution < -0.4 is 0 Å². The van der Waals surface area contributed by atoms with Gasteiger partial charge >= 0.3 is 0 Å². The molecule has 1 saturated carbocycles. The van der Waals surface area contributed by atoms with Crippen LogP contribution in [0.25, 0.3) is 0 Å². The smallest absolute Gasteiger partial charge is 0.169 e. The normalized spacial score (nSPS) is 32.6. The first-order chi connectivity index (χ1) is 9.81. The van der Waals surface area contributed by atoms with Gasteiger partial charge in [-0.05, 0) is 23.8 Å². The zero-order valence-corrected chi connectivity index (χ0v) is 12.0. The van der Waals surface area contributed by atoms with Crippen LogP contribution in [0.15, 0.2) is 30.3 Å². The number of fused-ring (bicyclic) bond motifs is 2. The van der Waals surface area contributed by atoms with Gasteiger partial charge in [0.2, 0.25) is 0 Å². The van der Waals surface area contributed by atoms with E-state index in [0.29, 0.717) is 0 Å². The highest BCUT2D eigenvalue weighted by molar-refractivity contribution is 5.14. The lowest BCUT2D eigenvalue weighted by molar-refractivity contribution is -0.208. The predicted octanol–water partition coefficient (Wildman–Crippen LogP) is 2.66. The number of likely N-dealkylation sites (tertiary alicyclic amines) is 1. The minimum atomic E-state index is -0.216. The van der Waals surface area contributed by atoms with Crippen LogP contribution in [0.2, 0.25) is 0 Å². The zero-order chi connectivity index (χ0) is 13.4. The van der Waals surface area contributed by atoms with E-state index in [1.807, 2.05) is 0 Å². The maximum absolute atomic E-state index is 5.93. The van der Waals surface area contributed by atoms with Crippen molar-refractivity contribution in [3.05, 3.63) is 35.9 Å². The van der Waals surface area contributed by atoms with Crippen LogP contribution >= 0.6 is 0 Å². The molecule has 2 unspecified atom stereocenters. The van der Waals surface area contributed by atoms with Crippen LogP contribution in [0.4, 0.5) is 0 Å². The molecule has 3 nitrogen and oxygen atoms in total. The summed E-state index contributed by atoms with van der Waals surface area (Å²) in [6.07, 6.45) is 3.54. The lowest BCUT2D eigenvalue weighted by Crippen LogP contribution is -2.50. The van der Waals surface area contributed by atoms with E-state index in [2.05, 4.69) is 35.2 Å². The third-order valence-corrected chi connectivity index (χ3v) is 4.96. The van der Waals surface area contributed by atoms with Gasteiger partial charge in [0.15, 0.2) is 5.79 Å². The van der Waals surface area contributed by atoms with Gasteiger partial charge in [-0.15, -0.1) is 0 Å². The molecule has 3 fully saturated rings. The molecule has 3 heteroatoms. The molecular formula is C17H23NO2. The van der Waals surface area contributed by atoms with Crippen molar-refractivity contribution >= 4 is 0 Å². The van der Waals surface area contributed by atoms with Gasteiger partial charge in [0.05, 0.1) is 13.2 Å². The van der Waals surface area contributed by atoms with E-state index in [-0.39, 0.29) is 5.79 Å². The molecule has 0 N–H and O–H groups in total. The van der Waals surface area contributed by atoms with Crippen molar-refractivity contribution in [2.24, 2.45) is 11.8 Å². The van der Waals surface area contributed by atoms with Gasteiger partial charge in [-0.1, -0.05) is 30.3 Å². The van der Waals surface area contributed by atoms with E-state index < -0.39 is 0 Å². The summed E-state index contributed by atoms with van der Waals surface area (Å²) in [4.78, 5) is 2.62. The number of hydrogen-bond acceptors (Lipinski definition) is 3. The standard InChI is InChI=1S/C17H23NO2/c1-2-4-14(5-3-1)11-18-12-15-8-16(13-18)10-17(9-15)19-6-7-20-17/h1-5,15-16H,6-13H2. The Balaban J connectivity index is 1.42. The third-order valence-electron chi connectivity index (χ3n) is 4.96. The van der Waals surface area contributed by atoms with E-state index >= 15 is 0 Å². The van der Waals surface area contributed by atoms with Crippen molar-refractivity contribution in [2.45, 2.75) is 31.6 Å². The first-order valence-corrected chi connectivity index (χ1v) is 7.86. The SMILES string of the molecule is c1ccc(CN2CC3CC(C2)CC2(C3)OCCO2)cc1. The van der Waals surface area contributed by atoms with E-state index in [1.54, 1.807) is 0 Å². The van der Waals surface area contributed by atoms with Gasteiger partial charge in [-0.2, -0.15) is 0 Å². The molecule has 0 amide bonds. The fraction of sp³-hybridized carbons (Fsp3) is 0.647. The van der Waals surface area contributed by atoms with Crippen molar-refractivity contribution < 1.29 is 9.47 Å². The van der Waals surface area contributed by atoms with Crippen LogP contribution in [-0.2, 0) is 16.0 Å². The molecule has 1 aromatic rings. The fourth-order valence-electron chi connectivity index (χ4n) is 4.39. The molecule has 2 aliphatic heterocycles. The van der Waals surface area contributed by atoms with Crippen LogP contribution in [0.1, 0.15) is 24.8 Å². The molecule has 3 aliphatic rings. The van der Waals surface area contributed by atoms with E-state index in [0.717, 1.165) is 44.4 Å². The quantitative estimate of drug-likeness (QED) is 0.827. The van der Waals surface area contributed by atoms with Crippen molar-refractivity contribution in [3.63, 3.8) is 0 Å². The van der Waals surface area contributed by atoms with E-state index in [9.17, 15) is 0 Å². The molecule has 2 heterocycles. The van der Waals surface area contributed by atoms with Gasteiger partial charge in [0, 0.05) is 32.5 Å². The van der Waals surface area contributed by atoms with Gasteiger partial charge in [0.1, 0.15) is 0 Å². The second-order valence-electron chi connectivity index (χ2n) is 6.66. The minimum absolute atomic E-state index is 0.216. The summed E-state index contributed by atoms with van der Waals surface area (Å²) >= 11 is 0. The van der Waals surface area contributed by atoms with Crippen molar-refractivity contribution in [2.75, 3.05) is 26.3 Å². The molecule has 2 bridgehead atoms. The molecule has 1 spiro atoms. The second-order valence-corrected chi connectivity index (χ2v) is 6.66. The van der Waals surface area contributed by atoms with Crippen LogP contribution in [0, 0.1) is 11.8 Å². The summed E-state index contributed by atoms with van der Waals surface area (Å²) in [6, 6.07) is 10.8. The average Bonchev–Trinajstić information content (AvgIpc) is 2.86. The number of nitrogens with zero attached hydrogens (tertiary/aromatic N) is 1. The van der Waals surface area contributed by atoms with E-state index in [1.165, 1.54) is 25.1 Å². The maximum atomic E-state index is 5.93. The van der Waals surface area contributed by atoms with Gasteiger partial charge < -0.3 is 9.47 Å². The Bertz CT molecular complexity index is 439. The molecule has 1 aliphatic carbocycles. The molecule has 108 valence electrons. The maximum Gasteiger partial charge on any atom is 0.169 e. The number of benzene rings is 1. The number of piperidine rings is 1. The Morgan fingerprint density at radius 1 is 1.00 bits per heavy atom. The summed E-state index contributed by atoms with van der Waals surface area (Å²) in [5, 5.41) is 0. The molecule has 0 aromatic heterocycles. The average molecular weight is 273 g/mol. The van der Waals surface area contributed by atoms with Crippen molar-refractivity contribution in [1.82, 2.24) is 4.90 Å². The highest BCUT2D eigenvalue weighted by atomic mass is 16.7. The fourth-order valence-corrected chi connectivity index (χ4v) is 4.39. The summed E-state index contributed by atoms with van der Waals surface area (Å²) in [7, 11) is 0. The molecule has 2 atom stereocenters. The Labute approximate surface area is 120 Å². The van der Waals surface area contributed by atoms with Crippen LogP contribution in [0.5, 0.6) is 0 Å². The second kappa shape index (κ2) is 5.14. The topological polar surface area (TPSA) is 21.7 Å². The van der Waals surface area contributed by atoms with Crippen molar-refractivity contribution in [1.29, 1.82) is 0 Å². The number of rotatable bonds is 2. The zero-order valence-electron chi connectivity index (χ0n) is 12.0. The monoisotopic (exact) mass is 273 g/mol. The van der Waals surface area contributed by atoms with Crippen molar-refractivity contribution in [3.8, 4) is 0 Å². The Morgan fingerprint density at radius 3 is 2.30 bits per heavy atom. The summed E-state index contributed by atoms with van der Waals surface area (Å²) < 4.78 is 11.9. The molecule has 4 rings (SSSR count). The number of ether oxygens (including phenoxy) is 2. The Kier molecular flexibility index (Phi) is 3.29. The summed E-state index contributed by atoms with van der Waals surface area (Å²) in [5.74, 6) is 1.26. The minimum Gasteiger partial charge on any atom is -0.348 e. The third kappa shape index (κ3) is 2.50. The lowest BCUT2D eigenvalue weighted by Gasteiger charge is -2.47. The Morgan fingerprint density at radius 2 is 1.65 bits per heavy atom. The number of hydrogen-bond donors (Lipinski definition) is 0. The van der Waals surface area contributed by atoms with Gasteiger partial charge in [0.25, 0.3) is 0 Å². The van der Waals surface area contributed by atoms with Gasteiger partial charge in [-0.25, -0.2) is 0 Å². The molecule has 1 aromatic carbocycles. The first kappa shape index (κ1) is 12.8. The van der Waals surface area contributed by atoms with E-state index in [4.69, 9.17) is 9.47 Å². The highest BCUT2D eigenvalue weighted by Crippen LogP contribution is 2.44.